The third-order valence-corrected chi connectivity index (χ3v) is 6.82. The number of thiophene rings is 1. The smallest absolute Gasteiger partial charge is 0.257 e. The van der Waals surface area contributed by atoms with E-state index in [0.29, 0.717) is 43.2 Å². The van der Waals surface area contributed by atoms with Crippen molar-refractivity contribution in [2.24, 2.45) is 0 Å². The maximum atomic E-state index is 12.7. The highest BCUT2D eigenvalue weighted by atomic mass is 35.5. The van der Waals surface area contributed by atoms with Gasteiger partial charge in [-0.25, -0.2) is 9.97 Å². The van der Waals surface area contributed by atoms with Crippen LogP contribution in [0.5, 0.6) is 11.5 Å². The van der Waals surface area contributed by atoms with E-state index < -0.39 is 0 Å². The molecule has 3 aromatic heterocycles. The number of halogens is 2. The van der Waals surface area contributed by atoms with E-state index in [1.165, 1.54) is 41.1 Å². The predicted octanol–water partition coefficient (Wildman–Crippen LogP) is 6.47. The van der Waals surface area contributed by atoms with E-state index in [-0.39, 0.29) is 5.91 Å². The number of thiazole rings is 2. The third-order valence-electron chi connectivity index (χ3n) is 3.94. The summed E-state index contributed by atoms with van der Waals surface area (Å²) in [5, 5.41) is 6.97. The lowest BCUT2D eigenvalue weighted by molar-refractivity contribution is 0.102. The normalized spacial score (nSPS) is 10.8. The summed E-state index contributed by atoms with van der Waals surface area (Å²) >= 11 is 16.2. The third kappa shape index (κ3) is 4.76. The van der Waals surface area contributed by atoms with Crippen molar-refractivity contribution in [1.82, 2.24) is 9.97 Å². The fraction of sp³-hybridized carbons (Fsp3) is 0.105. The first-order valence-electron chi connectivity index (χ1n) is 8.43. The number of amides is 1. The minimum absolute atomic E-state index is 0.310. The van der Waals surface area contributed by atoms with Crippen LogP contribution in [-0.2, 0) is 6.61 Å². The molecule has 1 aromatic carbocycles. The molecule has 0 aliphatic rings. The number of ether oxygens (including phenoxy) is 2. The highest BCUT2D eigenvalue weighted by Gasteiger charge is 2.16. The highest BCUT2D eigenvalue weighted by molar-refractivity contribution is 7.20. The van der Waals surface area contributed by atoms with Crippen LogP contribution < -0.4 is 14.8 Å². The van der Waals surface area contributed by atoms with Crippen LogP contribution in [0, 0.1) is 0 Å². The Balaban J connectivity index is 1.46. The van der Waals surface area contributed by atoms with Crippen LogP contribution in [0.3, 0.4) is 0 Å². The molecular weight excluding hydrogens is 485 g/mol. The van der Waals surface area contributed by atoms with Crippen molar-refractivity contribution in [1.29, 1.82) is 0 Å². The second kappa shape index (κ2) is 9.32. The molecule has 3 heterocycles. The van der Waals surface area contributed by atoms with Crippen molar-refractivity contribution in [3.05, 3.63) is 60.5 Å². The first-order valence-corrected chi connectivity index (χ1v) is 11.8. The zero-order chi connectivity index (χ0) is 21.1. The summed E-state index contributed by atoms with van der Waals surface area (Å²) in [7, 11) is 1.52. The van der Waals surface area contributed by atoms with Crippen molar-refractivity contribution in [2.45, 2.75) is 6.61 Å². The summed E-state index contributed by atoms with van der Waals surface area (Å²) in [5.74, 6) is 0.676. The van der Waals surface area contributed by atoms with Crippen LogP contribution in [0.2, 0.25) is 8.67 Å². The second-order valence-corrected chi connectivity index (χ2v) is 9.73. The molecule has 30 heavy (non-hydrogen) atoms. The number of nitrogens with one attached hydrogen (secondary N) is 1. The molecule has 1 amide bonds. The van der Waals surface area contributed by atoms with Crippen LogP contribution >= 0.6 is 57.2 Å². The molecule has 4 rings (SSSR count). The zero-order valence-electron chi connectivity index (χ0n) is 15.3. The van der Waals surface area contributed by atoms with Crippen LogP contribution in [0.25, 0.3) is 11.3 Å². The van der Waals surface area contributed by atoms with Crippen LogP contribution in [0.15, 0.2) is 40.5 Å². The molecule has 0 saturated heterocycles. The number of hydrogen-bond donors (Lipinski definition) is 1. The molecule has 4 aromatic rings. The minimum atomic E-state index is -0.310. The Hall–Kier alpha value is -2.17. The highest BCUT2D eigenvalue weighted by Crippen LogP contribution is 2.39. The number of aromatic nitrogens is 2. The van der Waals surface area contributed by atoms with Gasteiger partial charge in [-0.1, -0.05) is 23.2 Å². The van der Waals surface area contributed by atoms with Crippen molar-refractivity contribution in [3.8, 4) is 22.8 Å². The average molecular weight is 498 g/mol. The molecule has 0 unspecified atom stereocenters. The van der Waals surface area contributed by atoms with Crippen molar-refractivity contribution >= 4 is 68.3 Å². The monoisotopic (exact) mass is 497 g/mol. The van der Waals surface area contributed by atoms with Crippen LogP contribution in [0.1, 0.15) is 16.1 Å². The largest absolute Gasteiger partial charge is 0.493 e. The van der Waals surface area contributed by atoms with Gasteiger partial charge < -0.3 is 9.47 Å². The Kier molecular flexibility index (Phi) is 6.55. The van der Waals surface area contributed by atoms with Gasteiger partial charge >= 0.3 is 0 Å². The molecule has 1 N–H and O–H groups in total. The molecule has 0 fully saturated rings. The Bertz CT molecular complexity index is 1180. The maximum Gasteiger partial charge on any atom is 0.257 e. The van der Waals surface area contributed by atoms with Crippen molar-refractivity contribution < 1.29 is 14.3 Å². The summed E-state index contributed by atoms with van der Waals surface area (Å²) in [6.45, 7) is 0.322. The van der Waals surface area contributed by atoms with E-state index in [1.54, 1.807) is 29.8 Å². The number of nitrogens with zero attached hydrogens (tertiary/aromatic N) is 2. The number of benzene rings is 1. The van der Waals surface area contributed by atoms with Gasteiger partial charge in [-0.3, -0.25) is 10.1 Å². The number of carbonyl (C=O) groups is 1. The lowest BCUT2D eigenvalue weighted by Crippen LogP contribution is -2.12. The summed E-state index contributed by atoms with van der Waals surface area (Å²) in [4.78, 5) is 21.3. The molecule has 0 aliphatic carbocycles. The van der Waals surface area contributed by atoms with Gasteiger partial charge in [-0.05, 0) is 24.3 Å². The van der Waals surface area contributed by atoms with E-state index >= 15 is 0 Å². The Morgan fingerprint density at radius 1 is 1.20 bits per heavy atom. The van der Waals surface area contributed by atoms with Gasteiger partial charge in [-0.15, -0.1) is 34.0 Å². The number of anilines is 1. The molecule has 11 heteroatoms. The van der Waals surface area contributed by atoms with E-state index in [9.17, 15) is 4.79 Å². The standard InChI is InChI=1S/C19H13Cl2N3O3S3/c1-26-15-4-10(2-3-14(15)27-6-11-7-28-9-22-11)18(25)24-19-23-13(8-29-19)12-5-16(20)30-17(12)21/h2-5,7-9H,6H2,1H3,(H,23,24,25). The van der Waals surface area contributed by atoms with Crippen molar-refractivity contribution in [3.63, 3.8) is 0 Å². The maximum absolute atomic E-state index is 12.7. The van der Waals surface area contributed by atoms with E-state index in [1.807, 2.05) is 10.8 Å². The van der Waals surface area contributed by atoms with Gasteiger partial charge in [0.2, 0.25) is 0 Å². The summed E-state index contributed by atoms with van der Waals surface area (Å²) < 4.78 is 12.3. The molecular formula is C19H13Cl2N3O3S3. The van der Waals surface area contributed by atoms with E-state index in [0.717, 1.165) is 11.3 Å². The van der Waals surface area contributed by atoms with Gasteiger partial charge in [0, 0.05) is 21.9 Å². The Morgan fingerprint density at radius 2 is 2.07 bits per heavy atom. The number of hydrogen-bond acceptors (Lipinski definition) is 8. The fourth-order valence-electron chi connectivity index (χ4n) is 2.53. The van der Waals surface area contributed by atoms with Gasteiger partial charge in [0.15, 0.2) is 16.6 Å². The fourth-order valence-corrected chi connectivity index (χ4v) is 5.26. The molecule has 0 saturated carbocycles. The first-order chi connectivity index (χ1) is 14.5. The number of carbonyl (C=O) groups excluding carboxylic acids is 1. The van der Waals surface area contributed by atoms with Gasteiger partial charge in [0.25, 0.3) is 5.91 Å². The Labute approximate surface area is 194 Å². The Morgan fingerprint density at radius 3 is 2.77 bits per heavy atom. The minimum Gasteiger partial charge on any atom is -0.493 e. The predicted molar refractivity (Wildman–Crippen MR) is 123 cm³/mol. The van der Waals surface area contributed by atoms with E-state index in [2.05, 4.69) is 15.3 Å². The molecule has 154 valence electrons. The average Bonchev–Trinajstić information content (AvgIpc) is 3.48. The molecule has 0 aliphatic heterocycles. The first kappa shape index (κ1) is 21.1. The summed E-state index contributed by atoms with van der Waals surface area (Å²) in [6.07, 6.45) is 0. The van der Waals surface area contributed by atoms with Crippen LogP contribution in [0.4, 0.5) is 5.13 Å². The SMILES string of the molecule is COc1cc(C(=O)Nc2nc(-c3cc(Cl)sc3Cl)cs2)ccc1OCc1cscn1. The number of methoxy groups -OCH3 is 1. The molecule has 0 spiro atoms. The molecule has 0 radical (unpaired) electrons. The molecule has 0 atom stereocenters. The summed E-state index contributed by atoms with van der Waals surface area (Å²) in [5.41, 5.74) is 4.39. The topological polar surface area (TPSA) is 73.3 Å². The molecule has 6 nitrogen and oxygen atoms in total. The second-order valence-electron chi connectivity index (χ2n) is 5.86. The number of rotatable bonds is 7. The lowest BCUT2D eigenvalue weighted by Gasteiger charge is -2.11. The lowest BCUT2D eigenvalue weighted by atomic mass is 10.2. The van der Waals surface area contributed by atoms with E-state index in [4.69, 9.17) is 32.7 Å². The quantitative estimate of drug-likeness (QED) is 0.316. The van der Waals surface area contributed by atoms with Crippen LogP contribution in [-0.4, -0.2) is 23.0 Å². The van der Waals surface area contributed by atoms with Gasteiger partial charge in [-0.2, -0.15) is 0 Å². The zero-order valence-corrected chi connectivity index (χ0v) is 19.3. The van der Waals surface area contributed by atoms with Gasteiger partial charge in [0.05, 0.1) is 28.3 Å². The van der Waals surface area contributed by atoms with Crippen molar-refractivity contribution in [2.75, 3.05) is 12.4 Å². The van der Waals surface area contributed by atoms with Gasteiger partial charge in [0.1, 0.15) is 10.9 Å². The summed E-state index contributed by atoms with van der Waals surface area (Å²) in [6, 6.07) is 6.74. The molecule has 0 bridgehead atoms.